The number of hydrogen-bond donors (Lipinski definition) is 1. The lowest BCUT2D eigenvalue weighted by Crippen LogP contribution is -2.50. The second kappa shape index (κ2) is 10.6. The van der Waals surface area contributed by atoms with Gasteiger partial charge in [-0.1, -0.05) is 6.07 Å². The summed E-state index contributed by atoms with van der Waals surface area (Å²) < 4.78 is 93.2. The van der Waals surface area contributed by atoms with Gasteiger partial charge in [0.05, 0.1) is 11.1 Å². The third-order valence-corrected chi connectivity index (χ3v) is 6.51. The molecule has 0 aliphatic carbocycles. The molecule has 5 nitrogen and oxygen atoms in total. The van der Waals surface area contributed by atoms with Crippen molar-refractivity contribution in [3.63, 3.8) is 0 Å². The van der Waals surface area contributed by atoms with Gasteiger partial charge in [-0.05, 0) is 60.4 Å². The zero-order valence-electron chi connectivity index (χ0n) is 20.3. The van der Waals surface area contributed by atoms with Crippen LogP contribution in [0.4, 0.5) is 35.5 Å². The largest absolute Gasteiger partial charge is 0.416 e. The fraction of sp³-hybridized carbons (Fsp3) is 0.440. The highest BCUT2D eigenvalue weighted by molar-refractivity contribution is 5.81. The minimum Gasteiger partial charge on any atom is -0.341 e. The number of halogens is 7. The Hall–Kier alpha value is -3.31. The minimum absolute atomic E-state index is 0.0349. The number of piperidine rings is 1. The highest BCUT2D eigenvalue weighted by atomic mass is 19.4. The van der Waals surface area contributed by atoms with Crippen LogP contribution >= 0.6 is 0 Å². The van der Waals surface area contributed by atoms with Crippen molar-refractivity contribution in [2.45, 2.75) is 38.2 Å². The van der Waals surface area contributed by atoms with Crippen molar-refractivity contribution in [3.05, 3.63) is 70.0 Å². The van der Waals surface area contributed by atoms with E-state index in [9.17, 15) is 40.3 Å². The Morgan fingerprint density at radius 3 is 2.14 bits per heavy atom. The Kier molecular flexibility index (Phi) is 8.09. The van der Waals surface area contributed by atoms with Crippen LogP contribution in [0.2, 0.25) is 0 Å². The summed E-state index contributed by atoms with van der Waals surface area (Å²) in [5, 5.41) is 2.51. The Bertz CT molecular complexity index is 1130. The van der Waals surface area contributed by atoms with Crippen molar-refractivity contribution in [2.75, 3.05) is 27.2 Å². The smallest absolute Gasteiger partial charge is 0.341 e. The van der Waals surface area contributed by atoms with E-state index in [4.69, 9.17) is 0 Å². The molecule has 0 unspecified atom stereocenters. The van der Waals surface area contributed by atoms with Crippen molar-refractivity contribution in [1.82, 2.24) is 15.1 Å². The van der Waals surface area contributed by atoms with E-state index in [2.05, 4.69) is 5.32 Å². The van der Waals surface area contributed by atoms with Crippen molar-refractivity contribution in [1.29, 1.82) is 0 Å². The Morgan fingerprint density at radius 2 is 1.62 bits per heavy atom. The molecule has 0 aromatic heterocycles. The van der Waals surface area contributed by atoms with Crippen molar-refractivity contribution in [3.8, 4) is 0 Å². The fourth-order valence-corrected chi connectivity index (χ4v) is 4.71. The molecular weight excluding hydrogens is 507 g/mol. The number of nitrogens with one attached hydrogen (secondary N) is 1. The number of carbonyl (C=O) groups excluding carboxylic acids is 2. The molecule has 2 atom stereocenters. The van der Waals surface area contributed by atoms with E-state index in [0.717, 1.165) is 4.90 Å². The lowest BCUT2D eigenvalue weighted by molar-refractivity contribution is -0.143. The van der Waals surface area contributed by atoms with Crippen LogP contribution in [0.3, 0.4) is 0 Å². The molecule has 0 bridgehead atoms. The fourth-order valence-electron chi connectivity index (χ4n) is 4.71. The van der Waals surface area contributed by atoms with Gasteiger partial charge in [0.2, 0.25) is 5.91 Å². The second-order valence-corrected chi connectivity index (χ2v) is 9.11. The molecule has 2 aromatic rings. The van der Waals surface area contributed by atoms with E-state index in [1.54, 1.807) is 6.92 Å². The molecule has 1 saturated heterocycles. The van der Waals surface area contributed by atoms with Crippen LogP contribution in [-0.2, 0) is 23.7 Å². The highest BCUT2D eigenvalue weighted by Gasteiger charge is 2.40. The van der Waals surface area contributed by atoms with Gasteiger partial charge in [0.25, 0.3) is 0 Å². The van der Waals surface area contributed by atoms with Gasteiger partial charge in [-0.3, -0.25) is 4.79 Å². The first-order chi connectivity index (χ1) is 17.1. The normalized spacial score (nSPS) is 18.5. The molecule has 37 heavy (non-hydrogen) atoms. The van der Waals surface area contributed by atoms with Crippen LogP contribution < -0.4 is 5.32 Å². The predicted octanol–water partition coefficient (Wildman–Crippen LogP) is 5.58. The third kappa shape index (κ3) is 6.53. The van der Waals surface area contributed by atoms with Crippen LogP contribution in [0.15, 0.2) is 36.4 Å². The second-order valence-electron chi connectivity index (χ2n) is 9.11. The van der Waals surface area contributed by atoms with Crippen LogP contribution in [0.25, 0.3) is 0 Å². The summed E-state index contributed by atoms with van der Waals surface area (Å²) in [7, 11) is 2.76. The summed E-state index contributed by atoms with van der Waals surface area (Å²) in [6.45, 7) is 1.50. The van der Waals surface area contributed by atoms with E-state index in [-0.39, 0.29) is 37.2 Å². The Balaban J connectivity index is 1.92. The van der Waals surface area contributed by atoms with Gasteiger partial charge in [-0.2, -0.15) is 26.3 Å². The molecule has 3 rings (SSSR count). The molecule has 202 valence electrons. The average Bonchev–Trinajstić information content (AvgIpc) is 2.81. The van der Waals surface area contributed by atoms with Crippen molar-refractivity contribution in [2.24, 2.45) is 5.92 Å². The van der Waals surface area contributed by atoms with E-state index in [0.29, 0.717) is 23.3 Å². The maximum Gasteiger partial charge on any atom is 0.416 e. The lowest BCUT2D eigenvalue weighted by Gasteiger charge is -2.40. The monoisotopic (exact) mass is 533 g/mol. The van der Waals surface area contributed by atoms with Gasteiger partial charge in [-0.25, -0.2) is 9.18 Å². The maximum atomic E-state index is 13.7. The number of amides is 3. The lowest BCUT2D eigenvalue weighted by atomic mass is 9.78. The molecule has 1 aliphatic rings. The summed E-state index contributed by atoms with van der Waals surface area (Å²) in [6.07, 6.45) is -9.80. The molecule has 1 fully saturated rings. The Morgan fingerprint density at radius 1 is 1.03 bits per heavy atom. The Labute approximate surface area is 209 Å². The molecule has 1 heterocycles. The number of carbonyl (C=O) groups is 2. The number of rotatable bonds is 4. The summed E-state index contributed by atoms with van der Waals surface area (Å²) in [5.41, 5.74) is -2.07. The number of hydrogen-bond acceptors (Lipinski definition) is 2. The average molecular weight is 533 g/mol. The number of likely N-dealkylation sites (tertiary alicyclic amines) is 1. The first-order valence-corrected chi connectivity index (χ1v) is 11.4. The summed E-state index contributed by atoms with van der Waals surface area (Å²) in [6, 6.07) is 4.89. The van der Waals surface area contributed by atoms with Gasteiger partial charge in [0.15, 0.2) is 0 Å². The summed E-state index contributed by atoms with van der Waals surface area (Å²) in [4.78, 5) is 28.3. The van der Waals surface area contributed by atoms with E-state index < -0.39 is 53.6 Å². The highest BCUT2D eigenvalue weighted by Crippen LogP contribution is 2.38. The molecule has 0 saturated carbocycles. The van der Waals surface area contributed by atoms with E-state index in [1.807, 2.05) is 0 Å². The number of aryl methyl sites for hydroxylation is 1. The quantitative estimate of drug-likeness (QED) is 0.523. The van der Waals surface area contributed by atoms with Crippen LogP contribution in [0, 0.1) is 18.7 Å². The van der Waals surface area contributed by atoms with Crippen LogP contribution in [0.5, 0.6) is 0 Å². The first-order valence-electron chi connectivity index (χ1n) is 11.4. The van der Waals surface area contributed by atoms with E-state index >= 15 is 0 Å². The van der Waals surface area contributed by atoms with Gasteiger partial charge < -0.3 is 15.1 Å². The topological polar surface area (TPSA) is 52.7 Å². The third-order valence-electron chi connectivity index (χ3n) is 6.51. The zero-order chi connectivity index (χ0) is 27.7. The standard InChI is InChI=1S/C25H26F7N3O2/c1-14-8-18(26)4-5-19(14)21-13-35(23(37)33-2)7-6-20(21)22(36)34(3)12-15-9-16(24(27,28)29)11-17(10-15)25(30,31)32/h4-5,8-11,20-21H,6-7,12-13H2,1-3H3,(H,33,37)/t20-,21+/m0/s1. The molecule has 12 heteroatoms. The van der Waals surface area contributed by atoms with Crippen LogP contribution in [0.1, 0.15) is 40.2 Å². The number of alkyl halides is 6. The molecule has 2 aromatic carbocycles. The molecule has 0 radical (unpaired) electrons. The number of urea groups is 1. The molecule has 1 N–H and O–H groups in total. The zero-order valence-corrected chi connectivity index (χ0v) is 20.3. The number of benzene rings is 2. The van der Waals surface area contributed by atoms with Crippen molar-refractivity contribution < 1.29 is 40.3 Å². The minimum atomic E-state index is -5.00. The van der Waals surface area contributed by atoms with Crippen LogP contribution in [-0.4, -0.2) is 48.9 Å². The maximum absolute atomic E-state index is 13.7. The molecule has 3 amide bonds. The summed E-state index contributed by atoms with van der Waals surface area (Å²) in [5.74, 6) is -2.28. The molecule has 0 spiro atoms. The molecular formula is C25H26F7N3O2. The summed E-state index contributed by atoms with van der Waals surface area (Å²) >= 11 is 0. The SMILES string of the molecule is CNC(=O)N1CC[C@H](C(=O)N(C)Cc2cc(C(F)(F)F)cc(C(F)(F)F)c2)[C@@H](c2ccc(F)cc2C)C1. The first kappa shape index (κ1) is 28.3. The van der Waals surface area contributed by atoms with Gasteiger partial charge in [0.1, 0.15) is 5.82 Å². The van der Waals surface area contributed by atoms with Gasteiger partial charge in [-0.15, -0.1) is 0 Å². The molecule has 1 aliphatic heterocycles. The van der Waals surface area contributed by atoms with E-state index in [1.165, 1.54) is 37.2 Å². The van der Waals surface area contributed by atoms with Gasteiger partial charge >= 0.3 is 18.4 Å². The number of nitrogens with zero attached hydrogens (tertiary/aromatic N) is 2. The van der Waals surface area contributed by atoms with Gasteiger partial charge in [0, 0.05) is 45.6 Å². The predicted molar refractivity (Wildman–Crippen MR) is 121 cm³/mol. The van der Waals surface area contributed by atoms with Crippen molar-refractivity contribution >= 4 is 11.9 Å².